The highest BCUT2D eigenvalue weighted by Gasteiger charge is 2.13. The zero-order chi connectivity index (χ0) is 21.5. The van der Waals surface area contributed by atoms with Gasteiger partial charge in [-0.1, -0.05) is 36.4 Å². The average molecular weight is 438 g/mol. The Morgan fingerprint density at radius 3 is 2.52 bits per heavy atom. The number of amides is 1. The van der Waals surface area contributed by atoms with Crippen molar-refractivity contribution in [3.63, 3.8) is 0 Å². The molecule has 4 rings (SSSR count). The summed E-state index contributed by atoms with van der Waals surface area (Å²) in [5.74, 6) is -0.145. The van der Waals surface area contributed by atoms with E-state index in [2.05, 4.69) is 39.5 Å². The molecular weight excluding hydrogens is 410 g/mol. The molecule has 1 aliphatic rings. The molecule has 0 radical (unpaired) electrons. The summed E-state index contributed by atoms with van der Waals surface area (Å²) in [6.45, 7) is 5.06. The van der Waals surface area contributed by atoms with Crippen molar-refractivity contribution in [3.8, 4) is 11.3 Å². The van der Waals surface area contributed by atoms with Crippen LogP contribution in [0.25, 0.3) is 11.3 Å². The molecule has 0 atom stereocenters. The largest absolute Gasteiger partial charge is 0.384 e. The normalized spacial score (nSPS) is 14.5. The highest BCUT2D eigenvalue weighted by molar-refractivity contribution is 7.14. The number of nitrogens with one attached hydrogen (secondary N) is 1. The molecule has 6 nitrogen and oxygen atoms in total. The molecule has 0 aliphatic carbocycles. The van der Waals surface area contributed by atoms with Crippen molar-refractivity contribution >= 4 is 22.4 Å². The van der Waals surface area contributed by atoms with E-state index in [1.165, 1.54) is 22.5 Å². The third-order valence-corrected chi connectivity index (χ3v) is 6.05. The Kier molecular flexibility index (Phi) is 7.43. The Morgan fingerprint density at radius 1 is 1.10 bits per heavy atom. The highest BCUT2D eigenvalue weighted by atomic mass is 32.1. The zero-order valence-corrected chi connectivity index (χ0v) is 18.5. The Labute approximate surface area is 186 Å². The molecule has 0 bridgehead atoms. The predicted octanol–water partition coefficient (Wildman–Crippen LogP) is 4.08. The van der Waals surface area contributed by atoms with Crippen LogP contribution in [-0.2, 0) is 22.4 Å². The fourth-order valence-electron chi connectivity index (χ4n) is 3.47. The summed E-state index contributed by atoms with van der Waals surface area (Å²) < 4.78 is 10.5. The summed E-state index contributed by atoms with van der Waals surface area (Å²) in [6.07, 6.45) is 0.889. The molecule has 1 aliphatic heterocycles. The van der Waals surface area contributed by atoms with Gasteiger partial charge in [-0.2, -0.15) is 0 Å². The smallest absolute Gasteiger partial charge is 0.257 e. The number of thiazole rings is 1. The summed E-state index contributed by atoms with van der Waals surface area (Å²) in [5, 5.41) is 5.48. The van der Waals surface area contributed by atoms with Crippen molar-refractivity contribution in [2.24, 2.45) is 0 Å². The SMILES string of the molecule is COCCc1ccc(-c2csc(NC(=O)c3ccc(CN4CCOCC4)cc3)n2)cc1. The van der Waals surface area contributed by atoms with Gasteiger partial charge in [0.15, 0.2) is 5.13 Å². The lowest BCUT2D eigenvalue weighted by Gasteiger charge is -2.26. The summed E-state index contributed by atoms with van der Waals surface area (Å²) in [7, 11) is 1.71. The van der Waals surface area contributed by atoms with Gasteiger partial charge >= 0.3 is 0 Å². The van der Waals surface area contributed by atoms with Crippen molar-refractivity contribution in [1.82, 2.24) is 9.88 Å². The van der Waals surface area contributed by atoms with Crippen LogP contribution in [0.1, 0.15) is 21.5 Å². The number of hydrogen-bond acceptors (Lipinski definition) is 6. The second-order valence-corrected chi connectivity index (χ2v) is 8.38. The zero-order valence-electron chi connectivity index (χ0n) is 17.7. The molecule has 1 aromatic heterocycles. The third kappa shape index (κ3) is 5.98. The van der Waals surface area contributed by atoms with Crippen LogP contribution in [0.3, 0.4) is 0 Å². The molecule has 162 valence electrons. The van der Waals surface area contributed by atoms with Gasteiger partial charge in [-0.05, 0) is 29.7 Å². The molecule has 2 aromatic carbocycles. The van der Waals surface area contributed by atoms with Crippen LogP contribution in [0.5, 0.6) is 0 Å². The number of methoxy groups -OCH3 is 1. The molecule has 1 saturated heterocycles. The summed E-state index contributed by atoms with van der Waals surface area (Å²) in [6, 6.07) is 16.1. The number of aromatic nitrogens is 1. The first kappa shape index (κ1) is 21.6. The number of benzene rings is 2. The molecule has 3 aromatic rings. The van der Waals surface area contributed by atoms with Crippen molar-refractivity contribution in [3.05, 3.63) is 70.6 Å². The summed E-state index contributed by atoms with van der Waals surface area (Å²) >= 11 is 1.43. The van der Waals surface area contributed by atoms with Crippen LogP contribution in [-0.4, -0.2) is 55.8 Å². The third-order valence-electron chi connectivity index (χ3n) is 5.30. The van der Waals surface area contributed by atoms with Crippen LogP contribution >= 0.6 is 11.3 Å². The van der Waals surface area contributed by atoms with E-state index in [0.29, 0.717) is 17.3 Å². The van der Waals surface area contributed by atoms with Gasteiger partial charge in [0.05, 0.1) is 25.5 Å². The predicted molar refractivity (Wildman–Crippen MR) is 124 cm³/mol. The Balaban J connectivity index is 1.34. The average Bonchev–Trinajstić information content (AvgIpc) is 3.27. The van der Waals surface area contributed by atoms with Gasteiger partial charge in [-0.25, -0.2) is 4.98 Å². The molecule has 0 unspecified atom stereocenters. The van der Waals surface area contributed by atoms with E-state index in [1.54, 1.807) is 7.11 Å². The van der Waals surface area contributed by atoms with Crippen LogP contribution in [0.2, 0.25) is 0 Å². The minimum atomic E-state index is -0.145. The maximum absolute atomic E-state index is 12.6. The van der Waals surface area contributed by atoms with Crippen molar-refractivity contribution < 1.29 is 14.3 Å². The highest BCUT2D eigenvalue weighted by Crippen LogP contribution is 2.25. The van der Waals surface area contributed by atoms with Gasteiger partial charge in [0.1, 0.15) is 0 Å². The molecule has 1 fully saturated rings. The molecule has 31 heavy (non-hydrogen) atoms. The number of carbonyl (C=O) groups is 1. The van der Waals surface area contributed by atoms with E-state index in [-0.39, 0.29) is 5.91 Å². The van der Waals surface area contributed by atoms with Gasteiger partial charge in [0.25, 0.3) is 5.91 Å². The lowest BCUT2D eigenvalue weighted by Crippen LogP contribution is -2.35. The van der Waals surface area contributed by atoms with E-state index in [9.17, 15) is 4.79 Å². The first-order valence-corrected chi connectivity index (χ1v) is 11.3. The lowest BCUT2D eigenvalue weighted by atomic mass is 10.1. The standard InChI is InChI=1S/C24H27N3O3S/c1-29-13-10-18-2-6-20(7-3-18)22-17-31-24(25-22)26-23(28)21-8-4-19(5-9-21)16-27-11-14-30-15-12-27/h2-9,17H,10-16H2,1H3,(H,25,26,28). The van der Waals surface area contributed by atoms with E-state index in [0.717, 1.165) is 50.5 Å². The van der Waals surface area contributed by atoms with E-state index in [4.69, 9.17) is 9.47 Å². The molecule has 0 spiro atoms. The first-order valence-electron chi connectivity index (χ1n) is 10.5. The minimum Gasteiger partial charge on any atom is -0.384 e. The van der Waals surface area contributed by atoms with Crippen molar-refractivity contribution in [2.75, 3.05) is 45.3 Å². The second-order valence-electron chi connectivity index (χ2n) is 7.52. The van der Waals surface area contributed by atoms with E-state index in [1.807, 2.05) is 29.6 Å². The van der Waals surface area contributed by atoms with Crippen LogP contribution < -0.4 is 5.32 Å². The number of morpholine rings is 1. The van der Waals surface area contributed by atoms with E-state index >= 15 is 0 Å². The lowest BCUT2D eigenvalue weighted by molar-refractivity contribution is 0.0342. The summed E-state index contributed by atoms with van der Waals surface area (Å²) in [4.78, 5) is 19.6. The Bertz CT molecular complexity index is 980. The number of hydrogen-bond donors (Lipinski definition) is 1. The number of ether oxygens (including phenoxy) is 2. The van der Waals surface area contributed by atoms with Gasteiger partial charge in [-0.3, -0.25) is 15.0 Å². The van der Waals surface area contributed by atoms with Gasteiger partial charge in [0, 0.05) is 43.3 Å². The van der Waals surface area contributed by atoms with Crippen molar-refractivity contribution in [1.29, 1.82) is 0 Å². The first-order chi connectivity index (χ1) is 15.2. The van der Waals surface area contributed by atoms with Gasteiger partial charge in [0.2, 0.25) is 0 Å². The molecule has 7 heteroatoms. The molecule has 2 heterocycles. The Morgan fingerprint density at radius 2 is 1.81 bits per heavy atom. The van der Waals surface area contributed by atoms with Crippen molar-refractivity contribution in [2.45, 2.75) is 13.0 Å². The number of anilines is 1. The molecule has 1 N–H and O–H groups in total. The van der Waals surface area contributed by atoms with Crippen LogP contribution in [0.15, 0.2) is 53.9 Å². The fourth-order valence-corrected chi connectivity index (χ4v) is 4.19. The number of nitrogens with zero attached hydrogens (tertiary/aromatic N) is 2. The number of rotatable bonds is 8. The minimum absolute atomic E-state index is 0.145. The molecule has 0 saturated carbocycles. The maximum Gasteiger partial charge on any atom is 0.257 e. The Hall–Kier alpha value is -2.58. The van der Waals surface area contributed by atoms with Gasteiger partial charge in [-0.15, -0.1) is 11.3 Å². The van der Waals surface area contributed by atoms with E-state index < -0.39 is 0 Å². The van der Waals surface area contributed by atoms with Crippen LogP contribution in [0.4, 0.5) is 5.13 Å². The molecule has 1 amide bonds. The van der Waals surface area contributed by atoms with Gasteiger partial charge < -0.3 is 9.47 Å². The summed E-state index contributed by atoms with van der Waals surface area (Å²) in [5.41, 5.74) is 4.95. The fraction of sp³-hybridized carbons (Fsp3) is 0.333. The molecular formula is C24H27N3O3S. The number of carbonyl (C=O) groups excluding carboxylic acids is 1. The topological polar surface area (TPSA) is 63.7 Å². The second kappa shape index (κ2) is 10.6. The maximum atomic E-state index is 12.6. The monoisotopic (exact) mass is 437 g/mol. The quantitative estimate of drug-likeness (QED) is 0.575. The van der Waals surface area contributed by atoms with Crippen LogP contribution in [0, 0.1) is 0 Å².